The molecule has 196 valence electrons. The molecule has 2 fully saturated rings. The van der Waals surface area contributed by atoms with Crippen LogP contribution in [0.2, 0.25) is 0 Å². The van der Waals surface area contributed by atoms with Crippen molar-refractivity contribution in [2.24, 2.45) is 0 Å². The molecule has 37 heavy (non-hydrogen) atoms. The highest BCUT2D eigenvalue weighted by molar-refractivity contribution is 5.95. The minimum absolute atomic E-state index is 0. The number of hydrogen-bond donors (Lipinski definition) is 1. The van der Waals surface area contributed by atoms with Crippen LogP contribution in [-0.4, -0.2) is 71.9 Å². The monoisotopic (exact) mass is 526 g/mol. The zero-order valence-electron chi connectivity index (χ0n) is 20.7. The first-order chi connectivity index (χ1) is 17.5. The summed E-state index contributed by atoms with van der Waals surface area (Å²) in [7, 11) is 1.64. The zero-order chi connectivity index (χ0) is 25.1. The number of piperazine rings is 1. The summed E-state index contributed by atoms with van der Waals surface area (Å²) in [5.74, 6) is 1.03. The van der Waals surface area contributed by atoms with Crippen molar-refractivity contribution < 1.29 is 14.5 Å². The number of carbonyl (C=O) groups excluding carboxylic acids is 1. The fraction of sp³-hybridized carbons (Fsp3) is 0.385. The fourth-order valence-electron chi connectivity index (χ4n) is 5.06. The summed E-state index contributed by atoms with van der Waals surface area (Å²) < 4.78 is 7.21. The summed E-state index contributed by atoms with van der Waals surface area (Å²) in [6, 6.07) is 14.3. The average molecular weight is 527 g/mol. The van der Waals surface area contributed by atoms with Gasteiger partial charge in [0.25, 0.3) is 11.6 Å². The predicted octanol–water partition coefficient (Wildman–Crippen LogP) is 3.64. The zero-order valence-corrected chi connectivity index (χ0v) is 21.5. The maximum Gasteiger partial charge on any atom is 0.269 e. The number of aromatic nitrogens is 2. The van der Waals surface area contributed by atoms with Crippen LogP contribution in [0, 0.1) is 10.1 Å². The first-order valence-electron chi connectivity index (χ1n) is 12.3. The Morgan fingerprint density at radius 1 is 1.00 bits per heavy atom. The van der Waals surface area contributed by atoms with E-state index < -0.39 is 4.92 Å². The number of piperidine rings is 1. The number of nitrogens with one attached hydrogen (secondary N) is 1. The largest absolute Gasteiger partial charge is 0.497 e. The molecular weight excluding hydrogens is 496 g/mol. The van der Waals surface area contributed by atoms with E-state index in [-0.39, 0.29) is 29.9 Å². The van der Waals surface area contributed by atoms with E-state index in [9.17, 15) is 14.9 Å². The van der Waals surface area contributed by atoms with Gasteiger partial charge in [-0.2, -0.15) is 5.10 Å². The van der Waals surface area contributed by atoms with Crippen molar-refractivity contribution in [2.75, 3.05) is 51.3 Å². The van der Waals surface area contributed by atoms with Crippen LogP contribution < -0.4 is 15.0 Å². The quantitative estimate of drug-likeness (QED) is 0.386. The molecule has 0 spiro atoms. The van der Waals surface area contributed by atoms with Gasteiger partial charge < -0.3 is 19.9 Å². The summed E-state index contributed by atoms with van der Waals surface area (Å²) in [4.78, 5) is 28.3. The second-order valence-corrected chi connectivity index (χ2v) is 9.13. The molecule has 0 saturated carbocycles. The Balaban J connectivity index is 0.00000320. The van der Waals surface area contributed by atoms with Gasteiger partial charge in [-0.05, 0) is 62.3 Å². The van der Waals surface area contributed by atoms with Gasteiger partial charge in [-0.3, -0.25) is 14.9 Å². The Morgan fingerprint density at radius 3 is 2.22 bits per heavy atom. The van der Waals surface area contributed by atoms with Crippen LogP contribution in [0.1, 0.15) is 34.8 Å². The molecule has 2 aliphatic rings. The van der Waals surface area contributed by atoms with Gasteiger partial charge in [-0.15, -0.1) is 12.4 Å². The third-order valence-electron chi connectivity index (χ3n) is 7.07. The molecule has 11 heteroatoms. The van der Waals surface area contributed by atoms with Gasteiger partial charge in [0.05, 0.1) is 35.2 Å². The highest BCUT2D eigenvalue weighted by Crippen LogP contribution is 2.32. The van der Waals surface area contributed by atoms with E-state index in [0.717, 1.165) is 48.7 Å². The van der Waals surface area contributed by atoms with Gasteiger partial charge in [0.2, 0.25) is 0 Å². The molecule has 0 unspecified atom stereocenters. The number of ether oxygens (including phenoxy) is 1. The van der Waals surface area contributed by atoms with E-state index in [1.54, 1.807) is 25.4 Å². The number of hydrogen-bond acceptors (Lipinski definition) is 7. The van der Waals surface area contributed by atoms with Crippen molar-refractivity contribution >= 4 is 29.7 Å². The summed E-state index contributed by atoms with van der Waals surface area (Å²) in [5.41, 5.74) is 3.56. The predicted molar refractivity (Wildman–Crippen MR) is 143 cm³/mol. The lowest BCUT2D eigenvalue weighted by atomic mass is 9.91. The van der Waals surface area contributed by atoms with Crippen LogP contribution in [-0.2, 0) is 0 Å². The highest BCUT2D eigenvalue weighted by atomic mass is 35.5. The molecule has 3 aromatic rings. The normalized spacial score (nSPS) is 16.2. The summed E-state index contributed by atoms with van der Waals surface area (Å²) in [6.07, 6.45) is 3.62. The number of amides is 1. The van der Waals surface area contributed by atoms with Crippen molar-refractivity contribution in [3.63, 3.8) is 0 Å². The molecule has 1 N–H and O–H groups in total. The Labute approximate surface area is 221 Å². The molecule has 0 atom stereocenters. The lowest BCUT2D eigenvalue weighted by Crippen LogP contribution is -2.49. The SMILES string of the molecule is COc1ccc(-n2ncc(C(=O)N3CCN(c4ccc([N+](=O)[O-])cc4)CC3)c2C2CCNCC2)cc1.Cl. The number of non-ortho nitro benzene ring substituents is 1. The van der Waals surface area contributed by atoms with E-state index in [2.05, 4.69) is 15.3 Å². The molecule has 0 radical (unpaired) electrons. The van der Waals surface area contributed by atoms with Gasteiger partial charge in [0.15, 0.2) is 0 Å². The van der Waals surface area contributed by atoms with Crippen molar-refractivity contribution in [2.45, 2.75) is 18.8 Å². The molecule has 10 nitrogen and oxygen atoms in total. The average Bonchev–Trinajstić information content (AvgIpc) is 3.38. The van der Waals surface area contributed by atoms with Crippen molar-refractivity contribution in [3.05, 3.63) is 76.1 Å². The van der Waals surface area contributed by atoms with E-state index >= 15 is 0 Å². The summed E-state index contributed by atoms with van der Waals surface area (Å²) >= 11 is 0. The Bertz CT molecular complexity index is 1220. The lowest BCUT2D eigenvalue weighted by Gasteiger charge is -2.36. The van der Waals surface area contributed by atoms with E-state index in [1.165, 1.54) is 12.1 Å². The van der Waals surface area contributed by atoms with Gasteiger partial charge in [-0.1, -0.05) is 0 Å². The van der Waals surface area contributed by atoms with Crippen molar-refractivity contribution in [3.8, 4) is 11.4 Å². The topological polar surface area (TPSA) is 106 Å². The smallest absolute Gasteiger partial charge is 0.269 e. The number of nitro groups is 1. The Kier molecular flexibility index (Phi) is 8.30. The molecule has 1 amide bonds. The lowest BCUT2D eigenvalue weighted by molar-refractivity contribution is -0.384. The molecule has 0 bridgehead atoms. The maximum absolute atomic E-state index is 13.7. The van der Waals surface area contributed by atoms with Crippen LogP contribution in [0.25, 0.3) is 5.69 Å². The van der Waals surface area contributed by atoms with Crippen LogP contribution in [0.4, 0.5) is 11.4 Å². The third kappa shape index (κ3) is 5.55. The number of halogens is 1. The van der Waals surface area contributed by atoms with Gasteiger partial charge in [0.1, 0.15) is 5.75 Å². The number of carbonyl (C=O) groups is 1. The van der Waals surface area contributed by atoms with Crippen LogP contribution in [0.15, 0.2) is 54.7 Å². The molecule has 3 heterocycles. The molecule has 2 aliphatic heterocycles. The molecule has 5 rings (SSSR count). The van der Waals surface area contributed by atoms with Crippen molar-refractivity contribution in [1.29, 1.82) is 0 Å². The Hall–Kier alpha value is -3.63. The Morgan fingerprint density at radius 2 is 1.62 bits per heavy atom. The van der Waals surface area contributed by atoms with E-state index in [4.69, 9.17) is 4.74 Å². The molecule has 1 aromatic heterocycles. The molecular formula is C26H31ClN6O4. The number of nitrogens with zero attached hydrogens (tertiary/aromatic N) is 5. The van der Waals surface area contributed by atoms with Crippen LogP contribution in [0.5, 0.6) is 5.75 Å². The fourth-order valence-corrected chi connectivity index (χ4v) is 5.06. The molecule has 2 saturated heterocycles. The first kappa shape index (κ1) is 26.4. The van der Waals surface area contributed by atoms with Crippen LogP contribution >= 0.6 is 12.4 Å². The van der Waals surface area contributed by atoms with E-state index in [1.807, 2.05) is 33.8 Å². The van der Waals surface area contributed by atoms with Gasteiger partial charge in [0, 0.05) is 49.9 Å². The second kappa shape index (κ2) is 11.6. The number of nitro benzene ring substituents is 1. The number of rotatable bonds is 6. The number of anilines is 1. The van der Waals surface area contributed by atoms with Crippen LogP contribution in [0.3, 0.4) is 0 Å². The van der Waals surface area contributed by atoms with Gasteiger partial charge in [-0.25, -0.2) is 4.68 Å². The number of methoxy groups -OCH3 is 1. The first-order valence-corrected chi connectivity index (χ1v) is 12.3. The van der Waals surface area contributed by atoms with Gasteiger partial charge >= 0.3 is 0 Å². The highest BCUT2D eigenvalue weighted by Gasteiger charge is 2.31. The summed E-state index contributed by atoms with van der Waals surface area (Å²) in [5, 5.41) is 19.0. The third-order valence-corrected chi connectivity index (χ3v) is 7.07. The van der Waals surface area contributed by atoms with E-state index in [0.29, 0.717) is 31.7 Å². The second-order valence-electron chi connectivity index (χ2n) is 9.13. The standard InChI is InChI=1S/C26H30N6O4.ClH/c1-36-23-8-6-21(7-9-23)31-25(19-10-12-27-13-11-19)24(18-28-31)26(33)30-16-14-29(15-17-30)20-2-4-22(5-3-20)32(34)35;/h2-9,18-19,27H,10-17H2,1H3;1H. The maximum atomic E-state index is 13.7. The molecule has 2 aromatic carbocycles. The van der Waals surface area contributed by atoms with Crippen molar-refractivity contribution in [1.82, 2.24) is 20.0 Å². The minimum atomic E-state index is -0.396. The number of benzene rings is 2. The summed E-state index contributed by atoms with van der Waals surface area (Å²) in [6.45, 7) is 4.32. The molecule has 0 aliphatic carbocycles. The minimum Gasteiger partial charge on any atom is -0.497 e.